The highest BCUT2D eigenvalue weighted by molar-refractivity contribution is 5.92. The number of aromatic nitrogens is 2. The highest BCUT2D eigenvalue weighted by Gasteiger charge is 2.21. The van der Waals surface area contributed by atoms with E-state index in [1.807, 2.05) is 0 Å². The number of anilines is 1. The average Bonchev–Trinajstić information content (AvgIpc) is 1.99. The maximum Gasteiger partial charge on any atom is 0.252 e. The number of amides is 1. The van der Waals surface area contributed by atoms with Crippen molar-refractivity contribution >= 4 is 11.9 Å². The van der Waals surface area contributed by atoms with Crippen LogP contribution in [0.15, 0.2) is 10.9 Å². The van der Waals surface area contributed by atoms with E-state index >= 15 is 0 Å². The van der Waals surface area contributed by atoms with Gasteiger partial charge in [-0.05, 0) is 6.92 Å². The van der Waals surface area contributed by atoms with Gasteiger partial charge in [-0.2, -0.15) is 0 Å². The fourth-order valence-electron chi connectivity index (χ4n) is 0.933. The van der Waals surface area contributed by atoms with Crippen LogP contribution < -0.4 is 10.9 Å². The van der Waals surface area contributed by atoms with Crippen molar-refractivity contribution in [2.24, 2.45) is 5.41 Å². The van der Waals surface area contributed by atoms with Gasteiger partial charge in [-0.3, -0.25) is 19.9 Å². The summed E-state index contributed by atoms with van der Waals surface area (Å²) < 4.78 is 0. The number of carbonyl (C=O) groups excluding carboxylic acids is 1. The minimum absolute atomic E-state index is 0.184. The van der Waals surface area contributed by atoms with Gasteiger partial charge in [0.25, 0.3) is 5.56 Å². The lowest BCUT2D eigenvalue weighted by atomic mass is 9.96. The van der Waals surface area contributed by atoms with Crippen molar-refractivity contribution in [1.29, 1.82) is 0 Å². The van der Waals surface area contributed by atoms with Crippen LogP contribution in [0, 0.1) is 12.3 Å². The molecule has 0 saturated heterocycles. The molecule has 1 aromatic heterocycles. The van der Waals surface area contributed by atoms with Crippen LogP contribution in [-0.4, -0.2) is 15.9 Å². The minimum Gasteiger partial charge on any atom is -0.296 e. The van der Waals surface area contributed by atoms with Crippen molar-refractivity contribution in [3.05, 3.63) is 22.1 Å². The van der Waals surface area contributed by atoms with Crippen LogP contribution in [0.4, 0.5) is 5.95 Å². The first-order valence-corrected chi connectivity index (χ1v) is 4.68. The molecule has 1 aromatic rings. The maximum atomic E-state index is 11.6. The van der Waals surface area contributed by atoms with Gasteiger partial charge >= 0.3 is 0 Å². The second-order valence-electron chi connectivity index (χ2n) is 4.44. The molecule has 0 saturated carbocycles. The molecule has 15 heavy (non-hydrogen) atoms. The molecule has 5 nitrogen and oxygen atoms in total. The molecule has 0 atom stereocenters. The molecule has 0 unspecified atom stereocenters. The van der Waals surface area contributed by atoms with Crippen molar-refractivity contribution < 1.29 is 4.79 Å². The predicted octanol–water partition coefficient (Wildman–Crippen LogP) is 1.06. The normalized spacial score (nSPS) is 11.2. The van der Waals surface area contributed by atoms with Gasteiger partial charge < -0.3 is 0 Å². The molecular weight excluding hydrogens is 194 g/mol. The third-order valence-electron chi connectivity index (χ3n) is 1.78. The van der Waals surface area contributed by atoms with E-state index in [1.54, 1.807) is 27.7 Å². The Morgan fingerprint density at radius 1 is 1.47 bits per heavy atom. The van der Waals surface area contributed by atoms with E-state index in [0.717, 1.165) is 0 Å². The van der Waals surface area contributed by atoms with E-state index in [-0.39, 0.29) is 17.4 Å². The Bertz CT molecular complexity index is 429. The smallest absolute Gasteiger partial charge is 0.252 e. The number of aryl methyl sites for hydroxylation is 1. The number of nitrogens with one attached hydrogen (secondary N) is 2. The molecule has 5 heteroatoms. The fraction of sp³-hybridized carbons (Fsp3) is 0.500. The number of carbonyl (C=O) groups is 1. The lowest BCUT2D eigenvalue weighted by molar-refractivity contribution is -0.123. The molecule has 0 radical (unpaired) electrons. The molecule has 2 N–H and O–H groups in total. The van der Waals surface area contributed by atoms with Gasteiger partial charge in [-0.25, -0.2) is 4.98 Å². The van der Waals surface area contributed by atoms with Gasteiger partial charge in [0.05, 0.1) is 0 Å². The quantitative estimate of drug-likeness (QED) is 0.726. The largest absolute Gasteiger partial charge is 0.296 e. The first kappa shape index (κ1) is 11.4. The number of aromatic amines is 1. The lowest BCUT2D eigenvalue weighted by Crippen LogP contribution is -2.29. The summed E-state index contributed by atoms with van der Waals surface area (Å²) in [5, 5.41) is 2.56. The Morgan fingerprint density at radius 2 is 2.07 bits per heavy atom. The number of H-pyrrole nitrogens is 1. The molecule has 0 aromatic carbocycles. The van der Waals surface area contributed by atoms with E-state index < -0.39 is 5.41 Å². The summed E-state index contributed by atoms with van der Waals surface area (Å²) in [7, 11) is 0. The van der Waals surface area contributed by atoms with E-state index in [0.29, 0.717) is 5.69 Å². The van der Waals surface area contributed by atoms with Crippen molar-refractivity contribution in [1.82, 2.24) is 9.97 Å². The van der Waals surface area contributed by atoms with Gasteiger partial charge in [0.1, 0.15) is 0 Å². The summed E-state index contributed by atoms with van der Waals surface area (Å²) in [6.07, 6.45) is 0. The second kappa shape index (κ2) is 3.84. The third-order valence-corrected chi connectivity index (χ3v) is 1.78. The molecule has 0 aliphatic rings. The first-order valence-electron chi connectivity index (χ1n) is 4.68. The van der Waals surface area contributed by atoms with Crippen LogP contribution in [0.1, 0.15) is 26.5 Å². The summed E-state index contributed by atoms with van der Waals surface area (Å²) in [6, 6.07) is 1.37. The van der Waals surface area contributed by atoms with Gasteiger partial charge in [0.15, 0.2) is 0 Å². The highest BCUT2D eigenvalue weighted by atomic mass is 16.2. The molecule has 0 bridgehead atoms. The molecule has 1 heterocycles. The third kappa shape index (κ3) is 3.19. The zero-order valence-corrected chi connectivity index (χ0v) is 9.34. The number of nitrogens with zero attached hydrogens (tertiary/aromatic N) is 1. The Morgan fingerprint density at radius 3 is 2.53 bits per heavy atom. The standard InChI is InChI=1S/C10H15N3O2/c1-6-5-7(14)12-9(11-6)13-8(15)10(2,3)4/h5H,1-4H3,(H2,11,12,13,14,15). The van der Waals surface area contributed by atoms with Crippen molar-refractivity contribution in [3.63, 3.8) is 0 Å². The Hall–Kier alpha value is -1.65. The van der Waals surface area contributed by atoms with Gasteiger partial charge in [-0.15, -0.1) is 0 Å². The molecule has 82 valence electrons. The SMILES string of the molecule is Cc1cc(=O)[nH]c(NC(=O)C(C)(C)C)n1. The molecule has 1 amide bonds. The Labute approximate surface area is 87.9 Å². The number of hydrogen-bond acceptors (Lipinski definition) is 3. The fourth-order valence-corrected chi connectivity index (χ4v) is 0.933. The summed E-state index contributed by atoms with van der Waals surface area (Å²) in [5.41, 5.74) is -0.211. The number of hydrogen-bond donors (Lipinski definition) is 2. The summed E-state index contributed by atoms with van der Waals surface area (Å²) in [4.78, 5) is 29.1. The minimum atomic E-state index is -0.512. The van der Waals surface area contributed by atoms with Crippen LogP contribution in [0.2, 0.25) is 0 Å². The first-order chi connectivity index (χ1) is 6.79. The summed E-state index contributed by atoms with van der Waals surface area (Å²) in [5.74, 6) is 0.0103. The average molecular weight is 209 g/mol. The highest BCUT2D eigenvalue weighted by Crippen LogP contribution is 2.14. The molecule has 0 aliphatic carbocycles. The molecule has 0 aliphatic heterocycles. The zero-order chi connectivity index (χ0) is 11.6. The van der Waals surface area contributed by atoms with E-state index in [2.05, 4.69) is 15.3 Å². The second-order valence-corrected chi connectivity index (χ2v) is 4.44. The summed E-state index contributed by atoms with van der Waals surface area (Å²) in [6.45, 7) is 7.06. The van der Waals surface area contributed by atoms with Crippen LogP contribution in [0.5, 0.6) is 0 Å². The van der Waals surface area contributed by atoms with Crippen molar-refractivity contribution in [2.75, 3.05) is 5.32 Å². The van der Waals surface area contributed by atoms with Gasteiger partial charge in [-0.1, -0.05) is 20.8 Å². The van der Waals surface area contributed by atoms with Crippen molar-refractivity contribution in [3.8, 4) is 0 Å². The van der Waals surface area contributed by atoms with Gasteiger partial charge in [0.2, 0.25) is 11.9 Å². The monoisotopic (exact) mass is 209 g/mol. The molecule has 0 spiro atoms. The predicted molar refractivity (Wildman–Crippen MR) is 57.7 cm³/mol. The zero-order valence-electron chi connectivity index (χ0n) is 9.34. The van der Waals surface area contributed by atoms with E-state index in [4.69, 9.17) is 0 Å². The molecule has 1 rings (SSSR count). The molecule has 0 fully saturated rings. The topological polar surface area (TPSA) is 74.8 Å². The van der Waals surface area contributed by atoms with Crippen LogP contribution in [0.25, 0.3) is 0 Å². The van der Waals surface area contributed by atoms with Crippen LogP contribution >= 0.6 is 0 Å². The lowest BCUT2D eigenvalue weighted by Gasteiger charge is -2.16. The van der Waals surface area contributed by atoms with Crippen LogP contribution in [-0.2, 0) is 4.79 Å². The molecular formula is C10H15N3O2. The Balaban J connectivity index is 2.91. The van der Waals surface area contributed by atoms with Crippen LogP contribution in [0.3, 0.4) is 0 Å². The van der Waals surface area contributed by atoms with E-state index in [9.17, 15) is 9.59 Å². The maximum absolute atomic E-state index is 11.6. The number of rotatable bonds is 1. The van der Waals surface area contributed by atoms with Crippen molar-refractivity contribution in [2.45, 2.75) is 27.7 Å². The Kier molecular flexibility index (Phi) is 2.93. The van der Waals surface area contributed by atoms with Gasteiger partial charge in [0, 0.05) is 17.2 Å². The van der Waals surface area contributed by atoms with E-state index in [1.165, 1.54) is 6.07 Å². The summed E-state index contributed by atoms with van der Waals surface area (Å²) >= 11 is 0.